The summed E-state index contributed by atoms with van der Waals surface area (Å²) in [7, 11) is 0. The number of amides is 1. The normalized spacial score (nSPS) is 14.0. The molecule has 1 saturated carbocycles. The molecule has 0 atom stereocenters. The number of carbonyl (C=O) groups excluding carboxylic acids is 1. The van der Waals surface area contributed by atoms with Crippen molar-refractivity contribution in [1.82, 2.24) is 4.90 Å². The number of para-hydroxylation sites is 1. The van der Waals surface area contributed by atoms with E-state index in [0.29, 0.717) is 11.7 Å². The summed E-state index contributed by atoms with van der Waals surface area (Å²) in [6.07, 6.45) is 1.75. The highest BCUT2D eigenvalue weighted by molar-refractivity contribution is 5.83. The van der Waals surface area contributed by atoms with Crippen LogP contribution in [0.5, 0.6) is 5.75 Å². The Morgan fingerprint density at radius 3 is 2.57 bits per heavy atom. The van der Waals surface area contributed by atoms with Crippen LogP contribution in [0.1, 0.15) is 38.2 Å². The van der Waals surface area contributed by atoms with Gasteiger partial charge in [0, 0.05) is 6.04 Å². The van der Waals surface area contributed by atoms with E-state index in [1.54, 1.807) is 0 Å². The van der Waals surface area contributed by atoms with Crippen molar-refractivity contribution in [3.63, 3.8) is 0 Å². The molecule has 1 aliphatic rings. The number of aliphatic carboxylic acids is 1. The minimum absolute atomic E-state index is 0.0672. The summed E-state index contributed by atoms with van der Waals surface area (Å²) in [4.78, 5) is 24.4. The molecule has 1 fully saturated rings. The van der Waals surface area contributed by atoms with Crippen molar-refractivity contribution in [2.75, 3.05) is 13.2 Å². The number of hydrogen-bond donors (Lipinski definition) is 1. The Labute approximate surface area is 124 Å². The first-order valence-electron chi connectivity index (χ1n) is 7.22. The third kappa shape index (κ3) is 4.21. The van der Waals surface area contributed by atoms with Gasteiger partial charge in [-0.2, -0.15) is 0 Å². The summed E-state index contributed by atoms with van der Waals surface area (Å²) in [6.45, 7) is 3.75. The van der Waals surface area contributed by atoms with Crippen LogP contribution in [0.25, 0.3) is 0 Å². The molecule has 21 heavy (non-hydrogen) atoms. The second-order valence-electron chi connectivity index (χ2n) is 5.63. The van der Waals surface area contributed by atoms with Gasteiger partial charge in [0.05, 0.1) is 0 Å². The monoisotopic (exact) mass is 291 g/mol. The first-order chi connectivity index (χ1) is 9.99. The zero-order chi connectivity index (χ0) is 15.4. The zero-order valence-corrected chi connectivity index (χ0v) is 12.4. The number of nitrogens with zero attached hydrogens (tertiary/aromatic N) is 1. The largest absolute Gasteiger partial charge is 0.483 e. The number of hydrogen-bond acceptors (Lipinski definition) is 3. The minimum Gasteiger partial charge on any atom is -0.483 e. The Hall–Kier alpha value is -2.04. The molecule has 1 aliphatic carbocycles. The van der Waals surface area contributed by atoms with E-state index in [-0.39, 0.29) is 25.1 Å². The lowest BCUT2D eigenvalue weighted by Crippen LogP contribution is -2.40. The third-order valence-electron chi connectivity index (χ3n) is 3.51. The van der Waals surface area contributed by atoms with Gasteiger partial charge >= 0.3 is 5.97 Å². The van der Waals surface area contributed by atoms with E-state index in [1.807, 2.05) is 24.3 Å². The lowest BCUT2D eigenvalue weighted by molar-refractivity contribution is -0.145. The van der Waals surface area contributed by atoms with E-state index in [9.17, 15) is 9.59 Å². The maximum absolute atomic E-state index is 12.2. The molecule has 1 aromatic carbocycles. The average molecular weight is 291 g/mol. The molecular weight excluding hydrogens is 270 g/mol. The number of carboxylic acid groups (broad SMARTS) is 1. The van der Waals surface area contributed by atoms with Crippen LogP contribution in [0.4, 0.5) is 0 Å². The molecule has 0 saturated heterocycles. The van der Waals surface area contributed by atoms with Crippen molar-refractivity contribution in [1.29, 1.82) is 0 Å². The summed E-state index contributed by atoms with van der Waals surface area (Å²) in [5, 5.41) is 8.88. The second kappa shape index (κ2) is 6.61. The van der Waals surface area contributed by atoms with Gasteiger partial charge in [0.25, 0.3) is 5.91 Å². The van der Waals surface area contributed by atoms with Crippen LogP contribution < -0.4 is 4.74 Å². The predicted molar refractivity (Wildman–Crippen MR) is 78.4 cm³/mol. The van der Waals surface area contributed by atoms with Crippen LogP contribution in [-0.4, -0.2) is 41.1 Å². The number of benzene rings is 1. The Bertz CT molecular complexity index is 523. The molecule has 114 valence electrons. The molecule has 0 heterocycles. The van der Waals surface area contributed by atoms with Gasteiger partial charge < -0.3 is 14.7 Å². The van der Waals surface area contributed by atoms with Crippen LogP contribution in [0.3, 0.4) is 0 Å². The fourth-order valence-electron chi connectivity index (χ4n) is 2.26. The first kappa shape index (κ1) is 15.4. The van der Waals surface area contributed by atoms with Crippen molar-refractivity contribution in [2.24, 2.45) is 0 Å². The Kier molecular flexibility index (Phi) is 4.83. The van der Waals surface area contributed by atoms with Gasteiger partial charge in [-0.15, -0.1) is 0 Å². The molecular formula is C16H21NO4. The number of rotatable bonds is 7. The van der Waals surface area contributed by atoms with Gasteiger partial charge in [-0.1, -0.05) is 32.0 Å². The van der Waals surface area contributed by atoms with E-state index in [4.69, 9.17) is 9.84 Å². The highest BCUT2D eigenvalue weighted by Crippen LogP contribution is 2.28. The van der Waals surface area contributed by atoms with Gasteiger partial charge in [0.15, 0.2) is 6.61 Å². The third-order valence-corrected chi connectivity index (χ3v) is 3.51. The van der Waals surface area contributed by atoms with Gasteiger partial charge in [-0.05, 0) is 30.4 Å². The van der Waals surface area contributed by atoms with Crippen LogP contribution >= 0.6 is 0 Å². The van der Waals surface area contributed by atoms with Crippen LogP contribution in [-0.2, 0) is 9.59 Å². The van der Waals surface area contributed by atoms with Crippen molar-refractivity contribution in [3.05, 3.63) is 29.8 Å². The minimum atomic E-state index is -0.988. The quantitative estimate of drug-likeness (QED) is 0.837. The van der Waals surface area contributed by atoms with Gasteiger partial charge in [0.2, 0.25) is 0 Å². The average Bonchev–Trinajstić information content (AvgIpc) is 3.26. The lowest BCUT2D eigenvalue weighted by atomic mass is 10.0. The van der Waals surface area contributed by atoms with Gasteiger partial charge in [-0.3, -0.25) is 9.59 Å². The van der Waals surface area contributed by atoms with E-state index in [2.05, 4.69) is 13.8 Å². The summed E-state index contributed by atoms with van der Waals surface area (Å²) >= 11 is 0. The maximum Gasteiger partial charge on any atom is 0.323 e. The molecule has 1 aromatic rings. The molecule has 0 spiro atoms. The molecule has 0 aliphatic heterocycles. The molecule has 0 bridgehead atoms. The van der Waals surface area contributed by atoms with Crippen molar-refractivity contribution >= 4 is 11.9 Å². The fraction of sp³-hybridized carbons (Fsp3) is 0.500. The van der Waals surface area contributed by atoms with E-state index in [1.165, 1.54) is 4.90 Å². The van der Waals surface area contributed by atoms with E-state index >= 15 is 0 Å². The fourth-order valence-corrected chi connectivity index (χ4v) is 2.26. The van der Waals surface area contributed by atoms with Crippen molar-refractivity contribution in [2.45, 2.75) is 38.6 Å². The molecule has 1 amide bonds. The van der Waals surface area contributed by atoms with E-state index < -0.39 is 5.97 Å². The SMILES string of the molecule is CC(C)c1ccccc1OCC(=O)N(CC(=O)O)C1CC1. The first-order valence-corrected chi connectivity index (χ1v) is 7.22. The van der Waals surface area contributed by atoms with Gasteiger partial charge in [-0.25, -0.2) is 0 Å². The molecule has 0 aromatic heterocycles. The van der Waals surface area contributed by atoms with E-state index in [0.717, 1.165) is 18.4 Å². The summed E-state index contributed by atoms with van der Waals surface area (Å²) in [5.74, 6) is -0.266. The predicted octanol–water partition coefficient (Wildman–Crippen LogP) is 2.26. The lowest BCUT2D eigenvalue weighted by Gasteiger charge is -2.21. The topological polar surface area (TPSA) is 66.8 Å². The summed E-state index contributed by atoms with van der Waals surface area (Å²) in [6, 6.07) is 7.67. The van der Waals surface area contributed by atoms with Crippen LogP contribution in [0.15, 0.2) is 24.3 Å². The molecule has 5 heteroatoms. The highest BCUT2D eigenvalue weighted by atomic mass is 16.5. The standard InChI is InChI=1S/C16H21NO4/c1-11(2)13-5-3-4-6-14(13)21-10-15(18)17(9-16(19)20)12-7-8-12/h3-6,11-12H,7-10H2,1-2H3,(H,19,20). The highest BCUT2D eigenvalue weighted by Gasteiger charge is 2.34. The van der Waals surface area contributed by atoms with Gasteiger partial charge in [0.1, 0.15) is 12.3 Å². The second-order valence-corrected chi connectivity index (χ2v) is 5.63. The smallest absolute Gasteiger partial charge is 0.323 e. The molecule has 2 rings (SSSR count). The number of carboxylic acids is 1. The Balaban J connectivity index is 1.98. The Morgan fingerprint density at radius 1 is 1.33 bits per heavy atom. The van der Waals surface area contributed by atoms with Crippen molar-refractivity contribution < 1.29 is 19.4 Å². The maximum atomic E-state index is 12.2. The summed E-state index contributed by atoms with van der Waals surface area (Å²) < 4.78 is 5.62. The Morgan fingerprint density at radius 2 is 2.00 bits per heavy atom. The molecule has 0 unspecified atom stereocenters. The zero-order valence-electron chi connectivity index (χ0n) is 12.4. The van der Waals surface area contributed by atoms with Crippen LogP contribution in [0.2, 0.25) is 0 Å². The molecule has 0 radical (unpaired) electrons. The summed E-state index contributed by atoms with van der Waals surface area (Å²) in [5.41, 5.74) is 1.04. The number of carbonyl (C=O) groups is 2. The van der Waals surface area contributed by atoms with Crippen molar-refractivity contribution in [3.8, 4) is 5.75 Å². The molecule has 5 nitrogen and oxygen atoms in total. The van der Waals surface area contributed by atoms with Crippen LogP contribution in [0, 0.1) is 0 Å². The number of ether oxygens (including phenoxy) is 1. The molecule has 1 N–H and O–H groups in total.